The fraction of sp³-hybridized carbons (Fsp3) is 0.429. The van der Waals surface area contributed by atoms with Gasteiger partial charge in [-0.2, -0.15) is 0 Å². The predicted octanol–water partition coefficient (Wildman–Crippen LogP) is 1.34. The third-order valence-corrected chi connectivity index (χ3v) is 3.62. The van der Waals surface area contributed by atoms with Crippen LogP contribution in [0.4, 0.5) is 5.69 Å². The lowest BCUT2D eigenvalue weighted by molar-refractivity contribution is -0.137. The van der Waals surface area contributed by atoms with Crippen LogP contribution in [0.15, 0.2) is 18.2 Å². The lowest BCUT2D eigenvalue weighted by Gasteiger charge is -2.20. The lowest BCUT2D eigenvalue weighted by atomic mass is 10.1. The van der Waals surface area contributed by atoms with Crippen molar-refractivity contribution >= 4 is 17.6 Å². The lowest BCUT2D eigenvalue weighted by Crippen LogP contribution is -2.37. The first-order valence-corrected chi connectivity index (χ1v) is 6.55. The number of benzene rings is 1. The summed E-state index contributed by atoms with van der Waals surface area (Å²) < 4.78 is 0. The second-order valence-corrected chi connectivity index (χ2v) is 5.11. The van der Waals surface area contributed by atoms with Crippen molar-refractivity contribution in [2.75, 3.05) is 18.4 Å². The van der Waals surface area contributed by atoms with Gasteiger partial charge in [-0.25, -0.2) is 0 Å². The Bertz CT molecular complexity index is 537. The zero-order chi connectivity index (χ0) is 13.4. The molecule has 1 aromatic carbocycles. The summed E-state index contributed by atoms with van der Waals surface area (Å²) in [6.45, 7) is 0.683. The molecule has 0 bridgehead atoms. The van der Waals surface area contributed by atoms with Gasteiger partial charge in [0.1, 0.15) is 6.54 Å². The fourth-order valence-electron chi connectivity index (χ4n) is 2.49. The number of fused-ring (bicyclic) bond motifs is 1. The van der Waals surface area contributed by atoms with Crippen molar-refractivity contribution in [3.8, 4) is 0 Å². The van der Waals surface area contributed by atoms with Crippen LogP contribution >= 0.6 is 0 Å². The number of hydrogen-bond acceptors (Lipinski definition) is 3. The highest BCUT2D eigenvalue weighted by Crippen LogP contribution is 2.29. The minimum atomic E-state index is -0.959. The van der Waals surface area contributed by atoms with E-state index >= 15 is 0 Å². The molecule has 19 heavy (non-hydrogen) atoms. The first kappa shape index (κ1) is 12.0. The van der Waals surface area contributed by atoms with Crippen LogP contribution in [0, 0.1) is 0 Å². The largest absolute Gasteiger partial charge is 0.480 e. The SMILES string of the molecule is O=C(O)CN(C(=O)c1ccc2c(c1)NCC2)C1CC1. The summed E-state index contributed by atoms with van der Waals surface area (Å²) in [4.78, 5) is 24.7. The number of amides is 1. The van der Waals surface area contributed by atoms with Gasteiger partial charge in [-0.1, -0.05) is 6.07 Å². The molecule has 0 atom stereocenters. The zero-order valence-electron chi connectivity index (χ0n) is 10.6. The first-order chi connectivity index (χ1) is 9.15. The highest BCUT2D eigenvalue weighted by molar-refractivity contribution is 5.97. The molecule has 0 spiro atoms. The van der Waals surface area contributed by atoms with Gasteiger partial charge in [-0.3, -0.25) is 9.59 Å². The maximum atomic E-state index is 12.4. The molecule has 2 aliphatic rings. The normalized spacial score (nSPS) is 16.6. The Labute approximate surface area is 111 Å². The van der Waals surface area contributed by atoms with Gasteiger partial charge in [0.15, 0.2) is 0 Å². The van der Waals surface area contributed by atoms with Crippen molar-refractivity contribution in [2.24, 2.45) is 0 Å². The van der Waals surface area contributed by atoms with Gasteiger partial charge in [0.2, 0.25) is 0 Å². The van der Waals surface area contributed by atoms with Crippen molar-refractivity contribution in [1.29, 1.82) is 0 Å². The Morgan fingerprint density at radius 2 is 2.16 bits per heavy atom. The molecular formula is C14H16N2O3. The molecule has 100 valence electrons. The molecule has 1 aliphatic carbocycles. The van der Waals surface area contributed by atoms with Crippen molar-refractivity contribution in [3.05, 3.63) is 29.3 Å². The zero-order valence-corrected chi connectivity index (χ0v) is 10.6. The molecule has 5 heteroatoms. The third kappa shape index (κ3) is 2.41. The van der Waals surface area contributed by atoms with Gasteiger partial charge in [0.25, 0.3) is 5.91 Å². The summed E-state index contributed by atoms with van der Waals surface area (Å²) in [6.07, 6.45) is 2.79. The van der Waals surface area contributed by atoms with E-state index in [1.165, 1.54) is 10.5 Å². The minimum Gasteiger partial charge on any atom is -0.480 e. The number of hydrogen-bond donors (Lipinski definition) is 2. The Kier molecular flexibility index (Phi) is 2.89. The molecular weight excluding hydrogens is 244 g/mol. The van der Waals surface area contributed by atoms with E-state index in [4.69, 9.17) is 5.11 Å². The second kappa shape index (κ2) is 4.57. The Balaban J connectivity index is 1.83. The van der Waals surface area contributed by atoms with Crippen molar-refractivity contribution < 1.29 is 14.7 Å². The number of carbonyl (C=O) groups is 2. The number of carbonyl (C=O) groups excluding carboxylic acids is 1. The number of nitrogens with zero attached hydrogens (tertiary/aromatic N) is 1. The summed E-state index contributed by atoms with van der Waals surface area (Å²) >= 11 is 0. The maximum Gasteiger partial charge on any atom is 0.323 e. The number of anilines is 1. The van der Waals surface area contributed by atoms with Gasteiger partial charge < -0.3 is 15.3 Å². The van der Waals surface area contributed by atoms with Gasteiger partial charge >= 0.3 is 5.97 Å². The van der Waals surface area contributed by atoms with E-state index in [0.717, 1.165) is 31.5 Å². The monoisotopic (exact) mass is 260 g/mol. The number of rotatable bonds is 4. The molecule has 1 heterocycles. The molecule has 5 nitrogen and oxygen atoms in total. The molecule has 0 aromatic heterocycles. The highest BCUT2D eigenvalue weighted by Gasteiger charge is 2.34. The molecule has 1 saturated carbocycles. The van der Waals surface area contributed by atoms with E-state index < -0.39 is 5.97 Å². The van der Waals surface area contributed by atoms with Crippen LogP contribution in [-0.2, 0) is 11.2 Å². The molecule has 1 fully saturated rings. The van der Waals surface area contributed by atoms with Crippen LogP contribution in [0.2, 0.25) is 0 Å². The number of aliphatic carboxylic acids is 1. The van der Waals surface area contributed by atoms with E-state index in [9.17, 15) is 9.59 Å². The Hall–Kier alpha value is -2.04. The summed E-state index contributed by atoms with van der Waals surface area (Å²) in [6, 6.07) is 5.69. The van der Waals surface area contributed by atoms with E-state index in [0.29, 0.717) is 5.56 Å². The maximum absolute atomic E-state index is 12.4. The first-order valence-electron chi connectivity index (χ1n) is 6.55. The molecule has 1 aromatic rings. The second-order valence-electron chi connectivity index (χ2n) is 5.11. The Morgan fingerprint density at radius 3 is 2.84 bits per heavy atom. The van der Waals surface area contributed by atoms with Gasteiger partial charge in [0, 0.05) is 23.8 Å². The molecule has 1 aliphatic heterocycles. The van der Waals surface area contributed by atoms with Gasteiger partial charge in [-0.05, 0) is 37.0 Å². The Morgan fingerprint density at radius 1 is 1.37 bits per heavy atom. The van der Waals surface area contributed by atoms with Crippen LogP contribution in [0.1, 0.15) is 28.8 Å². The van der Waals surface area contributed by atoms with Crippen LogP contribution < -0.4 is 5.32 Å². The van der Waals surface area contributed by atoms with E-state index in [1.54, 1.807) is 6.07 Å². The highest BCUT2D eigenvalue weighted by atomic mass is 16.4. The molecule has 0 saturated heterocycles. The van der Waals surface area contributed by atoms with Crippen LogP contribution in [0.3, 0.4) is 0 Å². The molecule has 1 amide bonds. The van der Waals surface area contributed by atoms with E-state index in [2.05, 4.69) is 5.32 Å². The number of carboxylic acid groups (broad SMARTS) is 1. The van der Waals surface area contributed by atoms with E-state index in [1.807, 2.05) is 12.1 Å². The van der Waals surface area contributed by atoms with Crippen molar-refractivity contribution in [1.82, 2.24) is 4.90 Å². The minimum absolute atomic E-state index is 0.102. The van der Waals surface area contributed by atoms with Crippen LogP contribution in [0.25, 0.3) is 0 Å². The van der Waals surface area contributed by atoms with Gasteiger partial charge in [0.05, 0.1) is 0 Å². The quantitative estimate of drug-likeness (QED) is 0.857. The molecule has 0 radical (unpaired) electrons. The topological polar surface area (TPSA) is 69.6 Å². The summed E-state index contributed by atoms with van der Waals surface area (Å²) in [5.41, 5.74) is 2.78. The fourth-order valence-corrected chi connectivity index (χ4v) is 2.49. The average Bonchev–Trinajstić information content (AvgIpc) is 3.12. The van der Waals surface area contributed by atoms with Crippen LogP contribution in [-0.4, -0.2) is 41.0 Å². The van der Waals surface area contributed by atoms with Gasteiger partial charge in [-0.15, -0.1) is 0 Å². The number of carboxylic acids is 1. The smallest absolute Gasteiger partial charge is 0.323 e. The summed E-state index contributed by atoms with van der Waals surface area (Å²) in [7, 11) is 0. The number of nitrogens with one attached hydrogen (secondary N) is 1. The summed E-state index contributed by atoms with van der Waals surface area (Å²) in [5, 5.41) is 12.1. The molecule has 3 rings (SSSR count). The predicted molar refractivity (Wildman–Crippen MR) is 70.3 cm³/mol. The van der Waals surface area contributed by atoms with E-state index in [-0.39, 0.29) is 18.5 Å². The standard InChI is InChI=1S/C14H16N2O3/c17-13(18)8-16(11-3-4-11)14(19)10-2-1-9-5-6-15-12(9)7-10/h1-2,7,11,15H,3-6,8H2,(H,17,18). The average molecular weight is 260 g/mol. The van der Waals surface area contributed by atoms with Crippen molar-refractivity contribution in [3.63, 3.8) is 0 Å². The van der Waals surface area contributed by atoms with Crippen molar-refractivity contribution in [2.45, 2.75) is 25.3 Å². The summed E-state index contributed by atoms with van der Waals surface area (Å²) in [5.74, 6) is -1.14. The van der Waals surface area contributed by atoms with Crippen LogP contribution in [0.5, 0.6) is 0 Å². The molecule has 2 N–H and O–H groups in total. The third-order valence-electron chi connectivity index (χ3n) is 3.62. The molecule has 0 unspecified atom stereocenters.